The zero-order valence-electron chi connectivity index (χ0n) is 21.1. The third-order valence-corrected chi connectivity index (χ3v) is 8.74. The van der Waals surface area contributed by atoms with Crippen molar-refractivity contribution in [2.24, 2.45) is 5.92 Å². The van der Waals surface area contributed by atoms with E-state index in [1.807, 2.05) is 38.1 Å². The van der Waals surface area contributed by atoms with E-state index in [-0.39, 0.29) is 23.7 Å². The Morgan fingerprint density at radius 2 is 1.47 bits per heavy atom. The highest BCUT2D eigenvalue weighted by molar-refractivity contribution is 7.15. The van der Waals surface area contributed by atoms with Gasteiger partial charge in [0.2, 0.25) is 22.1 Å². The van der Waals surface area contributed by atoms with E-state index in [1.165, 1.54) is 22.7 Å². The first kappa shape index (κ1) is 26.0. The van der Waals surface area contributed by atoms with E-state index >= 15 is 0 Å². The Kier molecular flexibility index (Phi) is 8.08. The molecule has 4 atom stereocenters. The molecule has 4 aromatic heterocycles. The lowest BCUT2D eigenvalue weighted by atomic mass is 10.0. The van der Waals surface area contributed by atoms with Gasteiger partial charge >= 0.3 is 0 Å². The van der Waals surface area contributed by atoms with Gasteiger partial charge in [-0.3, -0.25) is 19.6 Å². The van der Waals surface area contributed by atoms with Crippen LogP contribution in [0.15, 0.2) is 49.1 Å². The first-order chi connectivity index (χ1) is 18.5. The average Bonchev–Trinajstić information content (AvgIpc) is 3.71. The van der Waals surface area contributed by atoms with Crippen molar-refractivity contribution in [2.45, 2.75) is 57.3 Å². The molecule has 2 N–H and O–H groups in total. The van der Waals surface area contributed by atoms with Crippen LogP contribution in [0.3, 0.4) is 0 Å². The monoisotopic (exact) mass is 548 g/mol. The fraction of sp³-hybridized carbons (Fsp3) is 0.385. The lowest BCUT2D eigenvalue weighted by Crippen LogP contribution is -2.18. The van der Waals surface area contributed by atoms with Crippen molar-refractivity contribution in [1.29, 1.82) is 0 Å². The van der Waals surface area contributed by atoms with Gasteiger partial charge in [0.15, 0.2) is 0 Å². The predicted molar refractivity (Wildman–Crippen MR) is 146 cm³/mol. The van der Waals surface area contributed by atoms with Crippen molar-refractivity contribution in [3.05, 3.63) is 70.2 Å². The summed E-state index contributed by atoms with van der Waals surface area (Å²) in [5, 5.41) is 25.7. The smallest absolute Gasteiger partial charge is 0.233 e. The number of carbonyl (C=O) groups is 2. The number of nitrogens with one attached hydrogen (secondary N) is 2. The Hall–Kier alpha value is -3.64. The van der Waals surface area contributed by atoms with Gasteiger partial charge in [0.1, 0.15) is 10.0 Å². The number of hydrogen-bond donors (Lipinski definition) is 2. The molecule has 0 spiro atoms. The minimum atomic E-state index is -0.327. The maximum Gasteiger partial charge on any atom is 0.233 e. The zero-order valence-corrected chi connectivity index (χ0v) is 22.7. The lowest BCUT2D eigenvalue weighted by Gasteiger charge is -2.10. The number of amides is 2. The number of rotatable bonds is 9. The molecule has 1 aliphatic carbocycles. The van der Waals surface area contributed by atoms with Gasteiger partial charge in [0.25, 0.3) is 0 Å². The van der Waals surface area contributed by atoms with Gasteiger partial charge in [0.05, 0.1) is 11.8 Å². The highest BCUT2D eigenvalue weighted by atomic mass is 32.1. The van der Waals surface area contributed by atoms with Crippen molar-refractivity contribution in [1.82, 2.24) is 30.4 Å². The first-order valence-corrected chi connectivity index (χ1v) is 14.2. The van der Waals surface area contributed by atoms with Gasteiger partial charge in [0, 0.05) is 37.1 Å². The molecule has 0 aliphatic heterocycles. The standard InChI is InChI=1S/C26H28N8O2S2/c1-15(19-5-3-9-27-13-19)22(35)29-25-33-31-21(37-25)12-17-7-8-18(11-17)24-32-34-26(38-24)30-23(36)16(2)20-6-4-10-28-14-20/h3-6,9-10,13-18H,7-8,11-12H2,1-2H3,(H,29,33,35)(H,30,34,36)/t15-,16-,17+,18-/m1/s1. The molecular weight excluding hydrogens is 520 g/mol. The van der Waals surface area contributed by atoms with Crippen LogP contribution < -0.4 is 10.6 Å². The van der Waals surface area contributed by atoms with E-state index in [1.54, 1.807) is 24.8 Å². The van der Waals surface area contributed by atoms with Crippen LogP contribution in [0, 0.1) is 5.92 Å². The molecule has 0 unspecified atom stereocenters. The number of aromatic nitrogens is 6. The summed E-state index contributed by atoms with van der Waals surface area (Å²) in [6.07, 6.45) is 10.6. The fourth-order valence-electron chi connectivity index (χ4n) is 4.56. The molecule has 12 heteroatoms. The van der Waals surface area contributed by atoms with Crippen molar-refractivity contribution < 1.29 is 9.59 Å². The molecule has 4 heterocycles. The molecule has 0 aromatic carbocycles. The van der Waals surface area contributed by atoms with Crippen molar-refractivity contribution in [3.63, 3.8) is 0 Å². The Morgan fingerprint density at radius 1 is 0.868 bits per heavy atom. The van der Waals surface area contributed by atoms with Crippen LogP contribution in [-0.4, -0.2) is 42.2 Å². The van der Waals surface area contributed by atoms with Crippen LogP contribution >= 0.6 is 22.7 Å². The molecule has 2 amide bonds. The van der Waals surface area contributed by atoms with E-state index in [2.05, 4.69) is 41.0 Å². The number of anilines is 2. The Bertz CT molecular complexity index is 1380. The summed E-state index contributed by atoms with van der Waals surface area (Å²) in [6, 6.07) is 7.41. The summed E-state index contributed by atoms with van der Waals surface area (Å²) >= 11 is 2.87. The zero-order chi connectivity index (χ0) is 26.5. The molecule has 10 nitrogen and oxygen atoms in total. The van der Waals surface area contributed by atoms with Crippen molar-refractivity contribution in [3.8, 4) is 0 Å². The number of nitrogens with zero attached hydrogens (tertiary/aromatic N) is 6. The van der Waals surface area contributed by atoms with Gasteiger partial charge in [-0.25, -0.2) is 0 Å². The number of carbonyl (C=O) groups excluding carboxylic acids is 2. The highest BCUT2D eigenvalue weighted by Gasteiger charge is 2.30. The second kappa shape index (κ2) is 11.8. The fourth-order valence-corrected chi connectivity index (χ4v) is 6.31. The second-order valence-electron chi connectivity index (χ2n) is 9.52. The minimum absolute atomic E-state index is 0.126. The molecule has 5 rings (SSSR count). The predicted octanol–water partition coefficient (Wildman–Crippen LogP) is 4.79. The molecule has 196 valence electrons. The average molecular weight is 549 g/mol. The van der Waals surface area contributed by atoms with E-state index in [0.29, 0.717) is 22.1 Å². The molecule has 0 radical (unpaired) electrons. The van der Waals surface area contributed by atoms with E-state index in [0.717, 1.165) is 46.8 Å². The Labute approximate surface area is 228 Å². The van der Waals surface area contributed by atoms with Crippen molar-refractivity contribution >= 4 is 44.8 Å². The maximum atomic E-state index is 12.6. The van der Waals surface area contributed by atoms with Gasteiger partial charge in [-0.15, -0.1) is 20.4 Å². The first-order valence-electron chi connectivity index (χ1n) is 12.5. The third-order valence-electron chi connectivity index (χ3n) is 6.88. The SMILES string of the molecule is C[C@@H](C(=O)Nc1nnc(C[C@H]2CC[C@@H](c3nnc(NC(=O)[C@H](C)c4cccnc4)s3)C2)s1)c1cccnc1. The molecule has 0 bridgehead atoms. The van der Waals surface area contributed by atoms with Crippen LogP contribution in [0.4, 0.5) is 10.3 Å². The normalized spacial score (nSPS) is 18.6. The van der Waals surface area contributed by atoms with Crippen LogP contribution in [-0.2, 0) is 16.0 Å². The third kappa shape index (κ3) is 6.25. The van der Waals surface area contributed by atoms with Crippen molar-refractivity contribution in [2.75, 3.05) is 10.6 Å². The molecule has 38 heavy (non-hydrogen) atoms. The molecule has 1 saturated carbocycles. The summed E-state index contributed by atoms with van der Waals surface area (Å²) in [5.74, 6) is -0.141. The molecule has 1 fully saturated rings. The lowest BCUT2D eigenvalue weighted by molar-refractivity contribution is -0.118. The van der Waals surface area contributed by atoms with Gasteiger partial charge in [-0.2, -0.15) is 0 Å². The van der Waals surface area contributed by atoms with Gasteiger partial charge < -0.3 is 10.6 Å². The van der Waals surface area contributed by atoms with Gasteiger partial charge in [-0.05, 0) is 62.3 Å². The molecule has 0 saturated heterocycles. The van der Waals surface area contributed by atoms with Crippen LogP contribution in [0.5, 0.6) is 0 Å². The number of pyridine rings is 2. The summed E-state index contributed by atoms with van der Waals surface area (Å²) in [7, 11) is 0. The number of hydrogen-bond acceptors (Lipinski definition) is 10. The molecule has 4 aromatic rings. The van der Waals surface area contributed by atoms with Crippen LogP contribution in [0.1, 0.15) is 72.0 Å². The van der Waals surface area contributed by atoms with Gasteiger partial charge in [-0.1, -0.05) is 34.8 Å². The summed E-state index contributed by atoms with van der Waals surface area (Å²) in [6.45, 7) is 3.69. The minimum Gasteiger partial charge on any atom is -0.300 e. The summed E-state index contributed by atoms with van der Waals surface area (Å²) < 4.78 is 0. The largest absolute Gasteiger partial charge is 0.300 e. The second-order valence-corrected chi connectivity index (χ2v) is 11.6. The van der Waals surface area contributed by atoms with E-state index < -0.39 is 0 Å². The topological polar surface area (TPSA) is 136 Å². The maximum absolute atomic E-state index is 12.6. The summed E-state index contributed by atoms with van der Waals surface area (Å²) in [5.41, 5.74) is 1.71. The van der Waals surface area contributed by atoms with Crippen LogP contribution in [0.2, 0.25) is 0 Å². The Morgan fingerprint density at radius 3 is 2.08 bits per heavy atom. The van der Waals surface area contributed by atoms with Crippen LogP contribution in [0.25, 0.3) is 0 Å². The molecule has 1 aliphatic rings. The quantitative estimate of drug-likeness (QED) is 0.305. The van der Waals surface area contributed by atoms with E-state index in [4.69, 9.17) is 0 Å². The Balaban J connectivity index is 1.11. The highest BCUT2D eigenvalue weighted by Crippen LogP contribution is 2.41. The molecular formula is C26H28N8O2S2. The summed E-state index contributed by atoms with van der Waals surface area (Å²) in [4.78, 5) is 33.4. The van der Waals surface area contributed by atoms with E-state index in [9.17, 15) is 9.59 Å².